The molecule has 0 fully saturated rings. The molecule has 1 aromatic heterocycles. The van der Waals surface area contributed by atoms with Crippen LogP contribution in [0.5, 0.6) is 11.5 Å². The van der Waals surface area contributed by atoms with Crippen LogP contribution in [-0.2, 0) is 20.2 Å². The fourth-order valence-corrected chi connectivity index (χ4v) is 3.61. The second kappa shape index (κ2) is 9.45. The van der Waals surface area contributed by atoms with Crippen molar-refractivity contribution in [3.8, 4) is 11.5 Å². The molecule has 0 radical (unpaired) electrons. The molecule has 0 spiro atoms. The highest BCUT2D eigenvalue weighted by Crippen LogP contribution is 2.38. The number of aryl methyl sites for hydroxylation is 1. The van der Waals surface area contributed by atoms with Gasteiger partial charge in [-0.15, -0.1) is 0 Å². The van der Waals surface area contributed by atoms with E-state index in [1.165, 1.54) is 0 Å². The van der Waals surface area contributed by atoms with Gasteiger partial charge in [-0.3, -0.25) is 0 Å². The van der Waals surface area contributed by atoms with E-state index in [1.54, 1.807) is 29.9 Å². The number of aromatic nitrogens is 4. The highest BCUT2D eigenvalue weighted by molar-refractivity contribution is 9.10. The van der Waals surface area contributed by atoms with Crippen LogP contribution in [0.3, 0.4) is 0 Å². The summed E-state index contributed by atoms with van der Waals surface area (Å²) >= 11 is 16.0. The molecule has 0 saturated carbocycles. The minimum Gasteiger partial charge on any atom is -0.490 e. The number of tetrazole rings is 1. The van der Waals surface area contributed by atoms with Crippen LogP contribution in [-0.4, -0.2) is 26.8 Å². The van der Waals surface area contributed by atoms with E-state index < -0.39 is 0 Å². The highest BCUT2D eigenvalue weighted by Gasteiger charge is 2.15. The smallest absolute Gasteiger partial charge is 0.242 e. The van der Waals surface area contributed by atoms with Crippen LogP contribution in [0.2, 0.25) is 10.0 Å². The summed E-state index contributed by atoms with van der Waals surface area (Å²) in [7, 11) is 1.76. The third-order valence-corrected chi connectivity index (χ3v) is 5.16. The molecule has 0 aliphatic rings. The summed E-state index contributed by atoms with van der Waals surface area (Å²) in [6.07, 6.45) is 0. The Kier molecular flexibility index (Phi) is 6.98. The predicted molar refractivity (Wildman–Crippen MR) is 112 cm³/mol. The van der Waals surface area contributed by atoms with Gasteiger partial charge in [0.25, 0.3) is 0 Å². The summed E-state index contributed by atoms with van der Waals surface area (Å²) in [5, 5.41) is 15.6. The maximum Gasteiger partial charge on any atom is 0.242 e. The first-order valence-corrected chi connectivity index (χ1v) is 10.0. The van der Waals surface area contributed by atoms with Gasteiger partial charge in [0, 0.05) is 29.2 Å². The van der Waals surface area contributed by atoms with E-state index in [9.17, 15) is 0 Å². The number of rotatable bonds is 8. The maximum atomic E-state index is 6.23. The van der Waals surface area contributed by atoms with Gasteiger partial charge in [0.15, 0.2) is 11.5 Å². The molecule has 0 aliphatic carbocycles. The fourth-order valence-electron chi connectivity index (χ4n) is 2.50. The Morgan fingerprint density at radius 1 is 1.18 bits per heavy atom. The van der Waals surface area contributed by atoms with Crippen LogP contribution in [0.4, 0.5) is 5.95 Å². The number of nitrogens with zero attached hydrogens (tertiary/aromatic N) is 4. The van der Waals surface area contributed by atoms with E-state index in [4.69, 9.17) is 32.7 Å². The second-order valence-electron chi connectivity index (χ2n) is 5.81. The lowest BCUT2D eigenvalue weighted by atomic mass is 10.2. The maximum absolute atomic E-state index is 6.23. The van der Waals surface area contributed by atoms with Crippen molar-refractivity contribution >= 4 is 45.1 Å². The Morgan fingerprint density at radius 2 is 1.93 bits per heavy atom. The molecule has 7 nitrogen and oxygen atoms in total. The summed E-state index contributed by atoms with van der Waals surface area (Å²) in [6.45, 7) is 3.15. The molecule has 2 aromatic carbocycles. The lowest BCUT2D eigenvalue weighted by Gasteiger charge is -2.16. The molecule has 0 atom stereocenters. The zero-order valence-corrected chi connectivity index (χ0v) is 18.3. The van der Waals surface area contributed by atoms with Crippen LogP contribution in [0.15, 0.2) is 34.8 Å². The molecule has 0 aliphatic heterocycles. The minimum atomic E-state index is 0.222. The van der Waals surface area contributed by atoms with E-state index in [0.717, 1.165) is 15.6 Å². The molecule has 1 heterocycles. The molecule has 0 saturated heterocycles. The lowest BCUT2D eigenvalue weighted by Crippen LogP contribution is -2.07. The summed E-state index contributed by atoms with van der Waals surface area (Å²) in [6, 6.07) is 9.21. The largest absolute Gasteiger partial charge is 0.490 e. The minimum absolute atomic E-state index is 0.222. The van der Waals surface area contributed by atoms with Gasteiger partial charge in [-0.05, 0) is 63.1 Å². The van der Waals surface area contributed by atoms with Gasteiger partial charge < -0.3 is 14.8 Å². The first kappa shape index (κ1) is 20.7. The van der Waals surface area contributed by atoms with Crippen LogP contribution in [0, 0.1) is 0 Å². The fraction of sp³-hybridized carbons (Fsp3) is 0.278. The Morgan fingerprint density at radius 3 is 2.57 bits per heavy atom. The number of hydrogen-bond acceptors (Lipinski definition) is 6. The van der Waals surface area contributed by atoms with E-state index >= 15 is 0 Å². The quantitative estimate of drug-likeness (QED) is 0.489. The van der Waals surface area contributed by atoms with E-state index in [-0.39, 0.29) is 6.61 Å². The van der Waals surface area contributed by atoms with E-state index in [2.05, 4.69) is 36.8 Å². The zero-order valence-electron chi connectivity index (χ0n) is 15.2. The van der Waals surface area contributed by atoms with Gasteiger partial charge in [0.1, 0.15) is 6.61 Å². The standard InChI is InChI=1S/C18H18BrCl2N5O2/c1-3-27-16-8-11(9-22-18-23-24-25-26(18)2)7-13(19)17(16)28-10-12-14(20)5-4-6-15(12)21/h4-8H,3,9-10H2,1-2H3,(H,22,23,25). The molecule has 0 unspecified atom stereocenters. The number of hydrogen-bond donors (Lipinski definition) is 1. The average Bonchev–Trinajstić information content (AvgIpc) is 3.06. The van der Waals surface area contributed by atoms with Crippen molar-refractivity contribution in [1.82, 2.24) is 20.2 Å². The summed E-state index contributed by atoms with van der Waals surface area (Å²) in [5.74, 6) is 1.78. The third kappa shape index (κ3) is 4.87. The average molecular weight is 487 g/mol. The molecule has 3 rings (SSSR count). The number of halogens is 3. The van der Waals surface area contributed by atoms with Gasteiger partial charge in [-0.25, -0.2) is 4.68 Å². The van der Waals surface area contributed by atoms with Crippen LogP contribution >= 0.6 is 39.1 Å². The van der Waals surface area contributed by atoms with E-state index in [1.807, 2.05) is 19.1 Å². The first-order chi connectivity index (χ1) is 13.5. The van der Waals surface area contributed by atoms with Crippen molar-refractivity contribution in [1.29, 1.82) is 0 Å². The predicted octanol–water partition coefficient (Wildman–Crippen LogP) is 4.87. The van der Waals surface area contributed by atoms with Crippen molar-refractivity contribution < 1.29 is 9.47 Å². The van der Waals surface area contributed by atoms with E-state index in [0.29, 0.717) is 40.6 Å². The van der Waals surface area contributed by atoms with Crippen molar-refractivity contribution in [3.63, 3.8) is 0 Å². The highest BCUT2D eigenvalue weighted by atomic mass is 79.9. The molecule has 28 heavy (non-hydrogen) atoms. The zero-order chi connectivity index (χ0) is 20.1. The first-order valence-electron chi connectivity index (χ1n) is 8.46. The van der Waals surface area contributed by atoms with Crippen LogP contribution < -0.4 is 14.8 Å². The van der Waals surface area contributed by atoms with Crippen LogP contribution in [0.25, 0.3) is 0 Å². The van der Waals surface area contributed by atoms with Gasteiger partial charge >= 0.3 is 0 Å². The summed E-state index contributed by atoms with van der Waals surface area (Å²) < 4.78 is 14.1. The van der Waals surface area contributed by atoms with Crippen molar-refractivity contribution in [3.05, 3.63) is 56.0 Å². The third-order valence-electron chi connectivity index (χ3n) is 3.86. The number of ether oxygens (including phenoxy) is 2. The van der Waals surface area contributed by atoms with Crippen molar-refractivity contribution in [2.24, 2.45) is 7.05 Å². The molecular formula is C18H18BrCl2N5O2. The monoisotopic (exact) mass is 485 g/mol. The number of benzene rings is 2. The molecule has 148 valence electrons. The normalized spacial score (nSPS) is 10.8. The Labute approximate surface area is 181 Å². The molecule has 1 N–H and O–H groups in total. The molecule has 10 heteroatoms. The number of anilines is 1. The topological polar surface area (TPSA) is 74.1 Å². The van der Waals surface area contributed by atoms with Gasteiger partial charge in [-0.1, -0.05) is 34.4 Å². The summed E-state index contributed by atoms with van der Waals surface area (Å²) in [4.78, 5) is 0. The SMILES string of the molecule is CCOc1cc(CNc2nnnn2C)cc(Br)c1OCc1c(Cl)cccc1Cl. The number of nitrogens with one attached hydrogen (secondary N) is 1. The van der Waals surface area contributed by atoms with Gasteiger partial charge in [0.2, 0.25) is 5.95 Å². The summed E-state index contributed by atoms with van der Waals surface area (Å²) in [5.41, 5.74) is 1.70. The molecular weight excluding hydrogens is 469 g/mol. The second-order valence-corrected chi connectivity index (χ2v) is 7.48. The molecule has 0 amide bonds. The Hall–Kier alpha value is -2.03. The van der Waals surface area contributed by atoms with Crippen molar-refractivity contribution in [2.75, 3.05) is 11.9 Å². The van der Waals surface area contributed by atoms with Crippen LogP contribution in [0.1, 0.15) is 18.1 Å². The van der Waals surface area contributed by atoms with Gasteiger partial charge in [-0.2, -0.15) is 0 Å². The molecule has 3 aromatic rings. The van der Waals surface area contributed by atoms with Gasteiger partial charge in [0.05, 0.1) is 11.1 Å². The lowest BCUT2D eigenvalue weighted by molar-refractivity contribution is 0.267. The Balaban J connectivity index is 1.79. The Bertz CT molecular complexity index is 947. The molecule has 0 bridgehead atoms. The van der Waals surface area contributed by atoms with Crippen molar-refractivity contribution in [2.45, 2.75) is 20.1 Å².